The van der Waals surface area contributed by atoms with E-state index >= 15 is 0 Å². The average Bonchev–Trinajstić information content (AvgIpc) is 2.35. The zero-order valence-electron chi connectivity index (χ0n) is 11.0. The highest BCUT2D eigenvalue weighted by molar-refractivity contribution is 7.99. The van der Waals surface area contributed by atoms with Crippen LogP contribution in [0.3, 0.4) is 0 Å². The predicted octanol–water partition coefficient (Wildman–Crippen LogP) is 4.14. The molecule has 1 rings (SSSR count). The summed E-state index contributed by atoms with van der Waals surface area (Å²) in [4.78, 5) is 0. The SMILES string of the molecule is CCCSCC(Cc1cccc(F)c1Cl)NCC. The molecule has 1 aromatic rings. The Kier molecular flexibility index (Phi) is 7.71. The molecule has 1 atom stereocenters. The molecular weight excluding hydrogens is 269 g/mol. The second-order valence-corrected chi connectivity index (χ2v) is 5.77. The molecular formula is C14H21ClFNS. The molecule has 1 N–H and O–H groups in total. The molecule has 0 amide bonds. The van der Waals surface area contributed by atoms with Crippen molar-refractivity contribution in [3.8, 4) is 0 Å². The minimum absolute atomic E-state index is 0.265. The lowest BCUT2D eigenvalue weighted by molar-refractivity contribution is 0.568. The Morgan fingerprint density at radius 1 is 1.39 bits per heavy atom. The van der Waals surface area contributed by atoms with E-state index in [1.54, 1.807) is 6.07 Å². The molecule has 4 heteroatoms. The third-order valence-corrected chi connectivity index (χ3v) is 4.42. The fraction of sp³-hybridized carbons (Fsp3) is 0.571. The van der Waals surface area contributed by atoms with E-state index in [1.807, 2.05) is 17.8 Å². The Morgan fingerprint density at radius 3 is 2.83 bits per heavy atom. The van der Waals surface area contributed by atoms with Crippen LogP contribution in [0, 0.1) is 5.82 Å². The van der Waals surface area contributed by atoms with Crippen molar-refractivity contribution in [2.75, 3.05) is 18.1 Å². The number of halogens is 2. The highest BCUT2D eigenvalue weighted by Crippen LogP contribution is 2.21. The van der Waals surface area contributed by atoms with Crippen molar-refractivity contribution in [1.29, 1.82) is 0 Å². The molecule has 0 aromatic heterocycles. The summed E-state index contributed by atoms with van der Waals surface area (Å²) in [6, 6.07) is 5.38. The summed E-state index contributed by atoms with van der Waals surface area (Å²) in [6.45, 7) is 5.19. The van der Waals surface area contributed by atoms with Gasteiger partial charge in [0.05, 0.1) is 5.02 Å². The molecule has 1 aromatic carbocycles. The minimum Gasteiger partial charge on any atom is -0.313 e. The van der Waals surface area contributed by atoms with Gasteiger partial charge in [0.1, 0.15) is 5.82 Å². The van der Waals surface area contributed by atoms with E-state index in [0.717, 1.165) is 24.3 Å². The number of rotatable bonds is 8. The summed E-state index contributed by atoms with van der Waals surface area (Å²) in [5.41, 5.74) is 0.889. The predicted molar refractivity (Wildman–Crippen MR) is 80.2 cm³/mol. The molecule has 0 aliphatic heterocycles. The van der Waals surface area contributed by atoms with E-state index in [4.69, 9.17) is 11.6 Å². The number of thioether (sulfide) groups is 1. The van der Waals surface area contributed by atoms with E-state index < -0.39 is 0 Å². The van der Waals surface area contributed by atoms with Crippen LogP contribution in [0.1, 0.15) is 25.8 Å². The Labute approximate surface area is 118 Å². The van der Waals surface area contributed by atoms with Crippen molar-refractivity contribution in [2.45, 2.75) is 32.7 Å². The van der Waals surface area contributed by atoms with Gasteiger partial charge in [-0.25, -0.2) is 4.39 Å². The van der Waals surface area contributed by atoms with Crippen molar-refractivity contribution in [3.05, 3.63) is 34.6 Å². The fourth-order valence-electron chi connectivity index (χ4n) is 1.82. The summed E-state index contributed by atoms with van der Waals surface area (Å²) < 4.78 is 13.4. The number of likely N-dealkylation sites (N-methyl/N-ethyl adjacent to an activating group) is 1. The molecule has 1 unspecified atom stereocenters. The topological polar surface area (TPSA) is 12.0 Å². The number of nitrogens with one attached hydrogen (secondary N) is 1. The first-order chi connectivity index (χ1) is 8.69. The first-order valence-corrected chi connectivity index (χ1v) is 7.96. The van der Waals surface area contributed by atoms with Crippen LogP contribution < -0.4 is 5.32 Å². The van der Waals surface area contributed by atoms with E-state index in [9.17, 15) is 4.39 Å². The zero-order valence-corrected chi connectivity index (χ0v) is 12.6. The molecule has 0 aliphatic rings. The molecule has 0 radical (unpaired) electrons. The molecule has 0 aliphatic carbocycles. The van der Waals surface area contributed by atoms with Gasteiger partial charge in [-0.1, -0.05) is 37.6 Å². The molecule has 1 nitrogen and oxygen atoms in total. The standard InChI is InChI=1S/C14H21ClFNS/c1-3-8-18-10-12(17-4-2)9-11-6-5-7-13(16)14(11)15/h5-7,12,17H,3-4,8-10H2,1-2H3. The van der Waals surface area contributed by atoms with Crippen LogP contribution in [-0.4, -0.2) is 24.1 Å². The van der Waals surface area contributed by atoms with Crippen molar-refractivity contribution in [2.24, 2.45) is 0 Å². The van der Waals surface area contributed by atoms with Gasteiger partial charge < -0.3 is 5.32 Å². The van der Waals surface area contributed by atoms with Crippen molar-refractivity contribution >= 4 is 23.4 Å². The van der Waals surface area contributed by atoms with E-state index in [2.05, 4.69) is 19.2 Å². The smallest absolute Gasteiger partial charge is 0.142 e. The first kappa shape index (κ1) is 15.8. The second kappa shape index (κ2) is 8.78. The molecule has 0 saturated heterocycles. The van der Waals surface area contributed by atoms with Gasteiger partial charge in [-0.05, 0) is 36.8 Å². The lowest BCUT2D eigenvalue weighted by atomic mass is 10.1. The van der Waals surface area contributed by atoms with Crippen molar-refractivity contribution < 1.29 is 4.39 Å². The quantitative estimate of drug-likeness (QED) is 0.722. The van der Waals surface area contributed by atoms with E-state index in [-0.39, 0.29) is 10.8 Å². The van der Waals surface area contributed by atoms with Crippen molar-refractivity contribution in [3.63, 3.8) is 0 Å². The fourth-order valence-corrected chi connectivity index (χ4v) is 3.00. The van der Waals surface area contributed by atoms with Gasteiger partial charge in [0.25, 0.3) is 0 Å². The Bertz CT molecular complexity index is 360. The van der Waals surface area contributed by atoms with E-state index in [1.165, 1.54) is 18.2 Å². The lowest BCUT2D eigenvalue weighted by Gasteiger charge is -2.18. The number of benzene rings is 1. The summed E-state index contributed by atoms with van der Waals surface area (Å²) >= 11 is 7.92. The van der Waals surface area contributed by atoms with Crippen LogP contribution in [0.15, 0.2) is 18.2 Å². The summed E-state index contributed by atoms with van der Waals surface area (Å²) in [7, 11) is 0. The van der Waals surface area contributed by atoms with E-state index in [0.29, 0.717) is 6.04 Å². The van der Waals surface area contributed by atoms with Gasteiger partial charge in [0, 0.05) is 11.8 Å². The van der Waals surface area contributed by atoms with Gasteiger partial charge in [-0.15, -0.1) is 0 Å². The van der Waals surface area contributed by atoms with Crippen LogP contribution in [0.2, 0.25) is 5.02 Å². The maximum atomic E-state index is 13.4. The van der Waals surface area contributed by atoms with Crippen LogP contribution in [0.4, 0.5) is 4.39 Å². The molecule has 0 heterocycles. The first-order valence-electron chi connectivity index (χ1n) is 6.43. The van der Waals surface area contributed by atoms with Gasteiger partial charge in [-0.2, -0.15) is 11.8 Å². The third-order valence-electron chi connectivity index (χ3n) is 2.66. The summed E-state index contributed by atoms with van der Waals surface area (Å²) in [6.07, 6.45) is 1.96. The molecule has 0 bridgehead atoms. The highest BCUT2D eigenvalue weighted by Gasteiger charge is 2.12. The monoisotopic (exact) mass is 289 g/mol. The Hall–Kier alpha value is -0.250. The van der Waals surface area contributed by atoms with Gasteiger partial charge in [-0.3, -0.25) is 0 Å². The van der Waals surface area contributed by atoms with Gasteiger partial charge >= 0.3 is 0 Å². The highest BCUT2D eigenvalue weighted by atomic mass is 35.5. The third kappa shape index (κ3) is 5.17. The zero-order chi connectivity index (χ0) is 13.4. The summed E-state index contributed by atoms with van der Waals surface area (Å²) in [5.74, 6) is 1.87. The van der Waals surface area contributed by atoms with Crippen LogP contribution in [0.5, 0.6) is 0 Å². The largest absolute Gasteiger partial charge is 0.313 e. The van der Waals surface area contributed by atoms with Crippen LogP contribution in [-0.2, 0) is 6.42 Å². The molecule has 102 valence electrons. The van der Waals surface area contributed by atoms with Gasteiger partial charge in [0.15, 0.2) is 0 Å². The maximum Gasteiger partial charge on any atom is 0.142 e. The summed E-state index contributed by atoms with van der Waals surface area (Å²) in [5, 5.41) is 3.70. The second-order valence-electron chi connectivity index (χ2n) is 4.25. The molecule has 0 saturated carbocycles. The van der Waals surface area contributed by atoms with Crippen LogP contribution >= 0.6 is 23.4 Å². The van der Waals surface area contributed by atoms with Gasteiger partial charge in [0.2, 0.25) is 0 Å². The minimum atomic E-state index is -0.328. The Balaban J connectivity index is 2.61. The number of hydrogen-bond acceptors (Lipinski definition) is 2. The maximum absolute atomic E-state index is 13.4. The van der Waals surface area contributed by atoms with Crippen LogP contribution in [0.25, 0.3) is 0 Å². The average molecular weight is 290 g/mol. The normalized spacial score (nSPS) is 12.7. The molecule has 0 fully saturated rings. The lowest BCUT2D eigenvalue weighted by Crippen LogP contribution is -2.33. The molecule has 18 heavy (non-hydrogen) atoms. The number of hydrogen-bond donors (Lipinski definition) is 1. The molecule has 0 spiro atoms. The Morgan fingerprint density at radius 2 is 2.17 bits per heavy atom. The van der Waals surface area contributed by atoms with Crippen molar-refractivity contribution in [1.82, 2.24) is 5.32 Å².